The Morgan fingerprint density at radius 1 is 1.24 bits per heavy atom. The van der Waals surface area contributed by atoms with Gasteiger partial charge in [-0.05, 0) is 44.5 Å². The Bertz CT molecular complexity index is 439. The fourth-order valence-corrected chi connectivity index (χ4v) is 2.62. The predicted molar refractivity (Wildman–Crippen MR) is 67.7 cm³/mol. The summed E-state index contributed by atoms with van der Waals surface area (Å²) in [6.07, 6.45) is 0.760. The van der Waals surface area contributed by atoms with Gasteiger partial charge in [-0.1, -0.05) is 6.92 Å². The number of sulfonamides is 1. The molecule has 0 aromatic heterocycles. The third-order valence-electron chi connectivity index (χ3n) is 2.41. The lowest BCUT2D eigenvalue weighted by atomic mass is 10.3. The van der Waals surface area contributed by atoms with Gasteiger partial charge in [-0.25, -0.2) is 13.1 Å². The highest BCUT2D eigenvalue weighted by atomic mass is 32.2. The number of hydrogen-bond acceptors (Lipinski definition) is 3. The van der Waals surface area contributed by atoms with Crippen LogP contribution in [-0.2, 0) is 10.0 Å². The fraction of sp³-hybridized carbons (Fsp3) is 0.500. The molecule has 17 heavy (non-hydrogen) atoms. The first kappa shape index (κ1) is 14.0. The molecule has 96 valence electrons. The monoisotopic (exact) mass is 257 g/mol. The molecule has 0 aliphatic heterocycles. The van der Waals surface area contributed by atoms with E-state index in [1.807, 2.05) is 20.8 Å². The first-order chi connectivity index (χ1) is 7.99. The van der Waals surface area contributed by atoms with Gasteiger partial charge in [-0.15, -0.1) is 0 Å². The lowest BCUT2D eigenvalue weighted by molar-refractivity contribution is 0.340. The van der Waals surface area contributed by atoms with Crippen molar-refractivity contribution in [3.63, 3.8) is 0 Å². The lowest BCUT2D eigenvalue weighted by Gasteiger charge is -2.12. The van der Waals surface area contributed by atoms with E-state index < -0.39 is 10.0 Å². The molecule has 0 aliphatic carbocycles. The van der Waals surface area contributed by atoms with E-state index in [9.17, 15) is 8.42 Å². The Morgan fingerprint density at radius 2 is 1.82 bits per heavy atom. The molecule has 0 unspecified atom stereocenters. The lowest BCUT2D eigenvalue weighted by Crippen LogP contribution is -2.31. The van der Waals surface area contributed by atoms with E-state index in [0.29, 0.717) is 12.4 Å². The van der Waals surface area contributed by atoms with Crippen molar-refractivity contribution >= 4 is 10.0 Å². The van der Waals surface area contributed by atoms with Crippen molar-refractivity contribution in [2.45, 2.75) is 38.1 Å². The van der Waals surface area contributed by atoms with E-state index in [-0.39, 0.29) is 10.9 Å². The Morgan fingerprint density at radius 3 is 2.29 bits per heavy atom. The van der Waals surface area contributed by atoms with Crippen LogP contribution in [0.2, 0.25) is 0 Å². The standard InChI is InChI=1S/C12H19NO3S/c1-4-10(3)13-17(14,15)12-8-6-11(7-9-12)16-5-2/h6-10,13H,4-5H2,1-3H3/t10-/m1/s1. The molecule has 0 saturated heterocycles. The Balaban J connectivity index is 2.85. The molecule has 1 atom stereocenters. The van der Waals surface area contributed by atoms with E-state index in [4.69, 9.17) is 4.74 Å². The van der Waals surface area contributed by atoms with Crippen LogP contribution in [-0.4, -0.2) is 21.1 Å². The van der Waals surface area contributed by atoms with Gasteiger partial charge in [0.05, 0.1) is 11.5 Å². The molecule has 0 aliphatic rings. The zero-order valence-electron chi connectivity index (χ0n) is 10.4. The number of rotatable bonds is 6. The first-order valence-electron chi connectivity index (χ1n) is 5.74. The van der Waals surface area contributed by atoms with Crippen molar-refractivity contribution in [2.24, 2.45) is 0 Å². The molecule has 1 rings (SSSR count). The van der Waals surface area contributed by atoms with E-state index in [1.54, 1.807) is 24.3 Å². The molecule has 0 heterocycles. The van der Waals surface area contributed by atoms with E-state index >= 15 is 0 Å². The second-order valence-corrected chi connectivity index (χ2v) is 5.55. The van der Waals surface area contributed by atoms with Gasteiger partial charge in [-0.3, -0.25) is 0 Å². The average Bonchev–Trinajstić information content (AvgIpc) is 2.29. The Kier molecular flexibility index (Phi) is 4.96. The minimum atomic E-state index is -3.41. The van der Waals surface area contributed by atoms with Crippen LogP contribution >= 0.6 is 0 Å². The van der Waals surface area contributed by atoms with Crippen LogP contribution in [0, 0.1) is 0 Å². The van der Waals surface area contributed by atoms with Crippen molar-refractivity contribution < 1.29 is 13.2 Å². The molecule has 1 N–H and O–H groups in total. The summed E-state index contributed by atoms with van der Waals surface area (Å²) >= 11 is 0. The zero-order chi connectivity index (χ0) is 12.9. The summed E-state index contributed by atoms with van der Waals surface area (Å²) in [6, 6.07) is 6.36. The third-order valence-corrected chi connectivity index (χ3v) is 4.02. The topological polar surface area (TPSA) is 55.4 Å². The smallest absolute Gasteiger partial charge is 0.240 e. The molecular weight excluding hydrogens is 238 g/mol. The summed E-state index contributed by atoms with van der Waals surface area (Å²) in [6.45, 7) is 6.23. The van der Waals surface area contributed by atoms with Crippen molar-refractivity contribution in [3.05, 3.63) is 24.3 Å². The van der Waals surface area contributed by atoms with E-state index in [1.165, 1.54) is 0 Å². The summed E-state index contributed by atoms with van der Waals surface area (Å²) in [4.78, 5) is 0.265. The number of hydrogen-bond donors (Lipinski definition) is 1. The second kappa shape index (κ2) is 6.02. The van der Waals surface area contributed by atoms with Crippen LogP contribution in [0.15, 0.2) is 29.2 Å². The highest BCUT2D eigenvalue weighted by molar-refractivity contribution is 7.89. The Labute approximate surface area is 103 Å². The van der Waals surface area contributed by atoms with Gasteiger partial charge >= 0.3 is 0 Å². The van der Waals surface area contributed by atoms with Gasteiger partial charge in [0.1, 0.15) is 5.75 Å². The van der Waals surface area contributed by atoms with E-state index in [0.717, 1.165) is 6.42 Å². The Hall–Kier alpha value is -1.07. The number of benzene rings is 1. The molecule has 5 heteroatoms. The number of nitrogens with one attached hydrogen (secondary N) is 1. The minimum Gasteiger partial charge on any atom is -0.494 e. The summed E-state index contributed by atoms with van der Waals surface area (Å²) < 4.78 is 31.7. The molecule has 1 aromatic carbocycles. The largest absolute Gasteiger partial charge is 0.494 e. The van der Waals surface area contributed by atoms with Crippen LogP contribution in [0.3, 0.4) is 0 Å². The van der Waals surface area contributed by atoms with Gasteiger partial charge in [0.2, 0.25) is 10.0 Å². The number of ether oxygens (including phenoxy) is 1. The maximum absolute atomic E-state index is 11.9. The SMILES string of the molecule is CCOc1ccc(S(=O)(=O)N[C@H](C)CC)cc1. The molecular formula is C12H19NO3S. The van der Waals surface area contributed by atoms with Crippen LogP contribution in [0.4, 0.5) is 0 Å². The summed E-state index contributed by atoms with van der Waals surface area (Å²) in [5, 5.41) is 0. The second-order valence-electron chi connectivity index (χ2n) is 3.84. The summed E-state index contributed by atoms with van der Waals surface area (Å²) in [7, 11) is -3.41. The normalized spacial score (nSPS) is 13.4. The van der Waals surface area contributed by atoms with Crippen molar-refractivity contribution in [2.75, 3.05) is 6.61 Å². The minimum absolute atomic E-state index is 0.0634. The average molecular weight is 257 g/mol. The molecule has 0 spiro atoms. The fourth-order valence-electron chi connectivity index (χ4n) is 1.30. The molecule has 0 radical (unpaired) electrons. The molecule has 0 amide bonds. The van der Waals surface area contributed by atoms with Crippen LogP contribution in [0.1, 0.15) is 27.2 Å². The van der Waals surface area contributed by atoms with Crippen LogP contribution < -0.4 is 9.46 Å². The molecule has 0 saturated carbocycles. The van der Waals surface area contributed by atoms with Gasteiger partial charge in [0.15, 0.2) is 0 Å². The zero-order valence-corrected chi connectivity index (χ0v) is 11.3. The van der Waals surface area contributed by atoms with Crippen LogP contribution in [0.25, 0.3) is 0 Å². The van der Waals surface area contributed by atoms with Crippen LogP contribution in [0.5, 0.6) is 5.75 Å². The maximum Gasteiger partial charge on any atom is 0.240 e. The molecule has 4 nitrogen and oxygen atoms in total. The molecule has 0 bridgehead atoms. The van der Waals surface area contributed by atoms with Crippen molar-refractivity contribution in [1.82, 2.24) is 4.72 Å². The molecule has 0 fully saturated rings. The quantitative estimate of drug-likeness (QED) is 0.849. The first-order valence-corrected chi connectivity index (χ1v) is 7.23. The van der Waals surface area contributed by atoms with E-state index in [2.05, 4.69) is 4.72 Å². The maximum atomic E-state index is 11.9. The third kappa shape index (κ3) is 4.02. The van der Waals surface area contributed by atoms with Gasteiger partial charge in [0, 0.05) is 6.04 Å². The predicted octanol–water partition coefficient (Wildman–Crippen LogP) is 2.16. The van der Waals surface area contributed by atoms with Gasteiger partial charge in [0.25, 0.3) is 0 Å². The van der Waals surface area contributed by atoms with Crippen molar-refractivity contribution in [1.29, 1.82) is 0 Å². The summed E-state index contributed by atoms with van der Waals surface area (Å²) in [5.74, 6) is 0.676. The highest BCUT2D eigenvalue weighted by Crippen LogP contribution is 2.16. The molecule has 1 aromatic rings. The highest BCUT2D eigenvalue weighted by Gasteiger charge is 2.16. The van der Waals surface area contributed by atoms with Crippen molar-refractivity contribution in [3.8, 4) is 5.75 Å². The van der Waals surface area contributed by atoms with Gasteiger partial charge in [-0.2, -0.15) is 0 Å². The summed E-state index contributed by atoms with van der Waals surface area (Å²) in [5.41, 5.74) is 0. The van der Waals surface area contributed by atoms with Gasteiger partial charge < -0.3 is 4.74 Å².